The molecule has 0 amide bonds. The molecule has 112 valence electrons. The van der Waals surface area contributed by atoms with Crippen molar-refractivity contribution in [2.24, 2.45) is 11.7 Å². The zero-order valence-corrected chi connectivity index (χ0v) is 13.0. The minimum Gasteiger partial charge on any atom is -0.389 e. The Morgan fingerprint density at radius 2 is 1.90 bits per heavy atom. The molecule has 0 fully saturated rings. The Hall–Kier alpha value is -1.27. The van der Waals surface area contributed by atoms with E-state index in [1.54, 1.807) is 0 Å². The number of thiocarbonyl (C=S) groups is 1. The summed E-state index contributed by atoms with van der Waals surface area (Å²) in [5, 5.41) is 3.04. The topological polar surface area (TPSA) is 41.3 Å². The van der Waals surface area contributed by atoms with Crippen LogP contribution in [0.2, 0.25) is 0 Å². The number of rotatable bonds is 6. The van der Waals surface area contributed by atoms with E-state index >= 15 is 0 Å². The van der Waals surface area contributed by atoms with E-state index < -0.39 is 11.6 Å². The first-order chi connectivity index (χ1) is 9.23. The molecule has 1 aromatic carbocycles. The van der Waals surface area contributed by atoms with Crippen molar-refractivity contribution < 1.29 is 8.78 Å². The summed E-state index contributed by atoms with van der Waals surface area (Å²) in [5.74, 6) is -1.68. The van der Waals surface area contributed by atoms with Crippen LogP contribution in [-0.4, -0.2) is 36.6 Å². The van der Waals surface area contributed by atoms with E-state index in [1.807, 2.05) is 32.8 Å². The van der Waals surface area contributed by atoms with Crippen molar-refractivity contribution in [1.29, 1.82) is 0 Å². The van der Waals surface area contributed by atoms with Crippen LogP contribution < -0.4 is 11.1 Å². The highest BCUT2D eigenvalue weighted by Gasteiger charge is 2.19. The minimum absolute atomic E-state index is 0.00887. The van der Waals surface area contributed by atoms with Crippen LogP contribution in [0.25, 0.3) is 0 Å². The molecule has 0 aliphatic rings. The molecule has 6 heteroatoms. The van der Waals surface area contributed by atoms with Crippen LogP contribution in [0.4, 0.5) is 14.5 Å². The van der Waals surface area contributed by atoms with E-state index in [4.69, 9.17) is 5.73 Å². The highest BCUT2D eigenvalue weighted by molar-refractivity contribution is 7.80. The van der Waals surface area contributed by atoms with Gasteiger partial charge < -0.3 is 16.0 Å². The van der Waals surface area contributed by atoms with Crippen LogP contribution >= 0.6 is 12.2 Å². The van der Waals surface area contributed by atoms with Gasteiger partial charge in [-0.15, -0.1) is 0 Å². The molecule has 20 heavy (non-hydrogen) atoms. The first-order valence-electron chi connectivity index (χ1n) is 6.43. The van der Waals surface area contributed by atoms with Crippen molar-refractivity contribution in [2.75, 3.05) is 26.0 Å². The summed E-state index contributed by atoms with van der Waals surface area (Å²) in [6.07, 6.45) is 0. The fourth-order valence-corrected chi connectivity index (χ4v) is 2.03. The average Bonchev–Trinajstić information content (AvgIpc) is 2.32. The Morgan fingerprint density at radius 1 is 1.30 bits per heavy atom. The molecule has 0 saturated carbocycles. The molecule has 0 heterocycles. The number of benzene rings is 1. The van der Waals surface area contributed by atoms with Gasteiger partial charge >= 0.3 is 0 Å². The van der Waals surface area contributed by atoms with Gasteiger partial charge in [-0.2, -0.15) is 0 Å². The molecule has 0 bridgehead atoms. The summed E-state index contributed by atoms with van der Waals surface area (Å²) in [6.45, 7) is 4.77. The van der Waals surface area contributed by atoms with Gasteiger partial charge in [-0.1, -0.05) is 26.1 Å². The number of anilines is 1. The molecule has 1 rings (SSSR count). The van der Waals surface area contributed by atoms with Crippen molar-refractivity contribution >= 4 is 22.9 Å². The van der Waals surface area contributed by atoms with Crippen LogP contribution in [0.3, 0.4) is 0 Å². The summed E-state index contributed by atoms with van der Waals surface area (Å²) in [5.41, 5.74) is 5.40. The molecule has 0 radical (unpaired) electrons. The van der Waals surface area contributed by atoms with Gasteiger partial charge in [0.2, 0.25) is 0 Å². The normalized spacial score (nSPS) is 12.8. The predicted octanol–water partition coefficient (Wildman–Crippen LogP) is 2.60. The number of nitrogens with zero attached hydrogens (tertiary/aromatic N) is 1. The lowest BCUT2D eigenvalue weighted by Gasteiger charge is -2.27. The Kier molecular flexibility index (Phi) is 5.83. The summed E-state index contributed by atoms with van der Waals surface area (Å²) >= 11 is 4.68. The van der Waals surface area contributed by atoms with Gasteiger partial charge in [-0.05, 0) is 32.1 Å². The van der Waals surface area contributed by atoms with Crippen molar-refractivity contribution in [3.63, 3.8) is 0 Å². The van der Waals surface area contributed by atoms with E-state index in [0.717, 1.165) is 6.54 Å². The van der Waals surface area contributed by atoms with Gasteiger partial charge in [0.15, 0.2) is 11.6 Å². The summed E-state index contributed by atoms with van der Waals surface area (Å²) in [7, 11) is 3.87. The fraction of sp³-hybridized carbons (Fsp3) is 0.500. The van der Waals surface area contributed by atoms with Crippen molar-refractivity contribution in [3.05, 3.63) is 29.3 Å². The first kappa shape index (κ1) is 16.8. The molecule has 0 spiro atoms. The van der Waals surface area contributed by atoms with Gasteiger partial charge in [0.05, 0.1) is 5.69 Å². The van der Waals surface area contributed by atoms with Crippen molar-refractivity contribution in [3.8, 4) is 0 Å². The van der Waals surface area contributed by atoms with Gasteiger partial charge in [0, 0.05) is 18.2 Å². The maximum absolute atomic E-state index is 14.0. The molecule has 1 aromatic rings. The third-order valence-corrected chi connectivity index (χ3v) is 3.28. The van der Waals surface area contributed by atoms with Crippen molar-refractivity contribution in [2.45, 2.75) is 19.9 Å². The molecular formula is C14H21F2N3S. The molecule has 0 saturated heterocycles. The van der Waals surface area contributed by atoms with Gasteiger partial charge in [0.1, 0.15) is 4.99 Å². The molecular weight excluding hydrogens is 280 g/mol. The lowest BCUT2D eigenvalue weighted by Crippen LogP contribution is -2.36. The van der Waals surface area contributed by atoms with Crippen LogP contribution in [0.15, 0.2) is 12.1 Å². The third-order valence-electron chi connectivity index (χ3n) is 3.06. The minimum atomic E-state index is -1.00. The van der Waals surface area contributed by atoms with Crippen LogP contribution in [0, 0.1) is 17.6 Å². The number of hydrogen-bond donors (Lipinski definition) is 2. The highest BCUT2D eigenvalue weighted by atomic mass is 32.1. The second-order valence-corrected chi connectivity index (χ2v) is 5.85. The summed E-state index contributed by atoms with van der Waals surface area (Å²) < 4.78 is 27.9. The number of nitrogens with two attached hydrogens (primary N) is 1. The van der Waals surface area contributed by atoms with Crippen LogP contribution in [-0.2, 0) is 0 Å². The van der Waals surface area contributed by atoms with Crippen LogP contribution in [0.1, 0.15) is 19.4 Å². The second-order valence-electron chi connectivity index (χ2n) is 5.41. The van der Waals surface area contributed by atoms with E-state index in [9.17, 15) is 8.78 Å². The van der Waals surface area contributed by atoms with E-state index in [-0.39, 0.29) is 28.2 Å². The molecule has 3 N–H and O–H groups in total. The number of nitrogens with one attached hydrogen (secondary N) is 1. The SMILES string of the molecule is CC(C)C(CN(C)C)Nc1ccc(C(N)=S)c(F)c1F. The maximum Gasteiger partial charge on any atom is 0.182 e. The predicted molar refractivity (Wildman–Crippen MR) is 83.0 cm³/mol. The molecule has 0 aliphatic heterocycles. The molecule has 3 nitrogen and oxygen atoms in total. The highest BCUT2D eigenvalue weighted by Crippen LogP contribution is 2.22. The Bertz CT molecular complexity index is 490. The quantitative estimate of drug-likeness (QED) is 0.793. The molecule has 0 aromatic heterocycles. The maximum atomic E-state index is 14.0. The van der Waals surface area contributed by atoms with Gasteiger partial charge in [-0.3, -0.25) is 0 Å². The van der Waals surface area contributed by atoms with E-state index in [2.05, 4.69) is 17.5 Å². The zero-order chi connectivity index (χ0) is 15.4. The van der Waals surface area contributed by atoms with Gasteiger partial charge in [-0.25, -0.2) is 8.78 Å². The molecule has 1 unspecified atom stereocenters. The fourth-order valence-electron chi connectivity index (χ4n) is 1.87. The number of halogens is 2. The monoisotopic (exact) mass is 301 g/mol. The number of hydrogen-bond acceptors (Lipinski definition) is 3. The standard InChI is InChI=1S/C14H21F2N3S/c1-8(2)11(7-19(3)4)18-10-6-5-9(14(17)20)12(15)13(10)16/h5-6,8,11,18H,7H2,1-4H3,(H2,17,20). The molecule has 1 atom stereocenters. The third kappa shape index (κ3) is 4.11. The average molecular weight is 301 g/mol. The van der Waals surface area contributed by atoms with Crippen molar-refractivity contribution in [1.82, 2.24) is 4.90 Å². The Balaban J connectivity index is 3.02. The summed E-state index contributed by atoms with van der Waals surface area (Å²) in [6, 6.07) is 2.88. The van der Waals surface area contributed by atoms with E-state index in [0.29, 0.717) is 0 Å². The summed E-state index contributed by atoms with van der Waals surface area (Å²) in [4.78, 5) is 1.84. The lowest BCUT2D eigenvalue weighted by molar-refractivity contribution is 0.343. The Morgan fingerprint density at radius 3 is 2.35 bits per heavy atom. The zero-order valence-electron chi connectivity index (χ0n) is 12.2. The number of likely N-dealkylation sites (N-methyl/N-ethyl adjacent to an activating group) is 1. The first-order valence-corrected chi connectivity index (χ1v) is 6.84. The largest absolute Gasteiger partial charge is 0.389 e. The van der Waals surface area contributed by atoms with E-state index in [1.165, 1.54) is 12.1 Å². The smallest absolute Gasteiger partial charge is 0.182 e. The second kappa shape index (κ2) is 6.95. The van der Waals surface area contributed by atoms with Gasteiger partial charge in [0.25, 0.3) is 0 Å². The van der Waals surface area contributed by atoms with Crippen LogP contribution in [0.5, 0.6) is 0 Å². The lowest BCUT2D eigenvalue weighted by atomic mass is 10.0. The Labute approximate surface area is 124 Å². The molecule has 0 aliphatic carbocycles.